The molecule has 0 aliphatic carbocycles. The van der Waals surface area contributed by atoms with Crippen LogP contribution in [-0.4, -0.2) is 16.3 Å². The molecule has 3 rings (SSSR count). The van der Waals surface area contributed by atoms with Gasteiger partial charge in [0.15, 0.2) is 0 Å². The summed E-state index contributed by atoms with van der Waals surface area (Å²) in [5.74, 6) is 11.8. The Bertz CT molecular complexity index is 1060. The first-order chi connectivity index (χ1) is 12.4. The molecule has 0 bridgehead atoms. The SMILES string of the molecule is CC(C)(C)OC(=O)n1cc(C#CC#Cc2ccccc2)c2ccccc21. The molecule has 26 heavy (non-hydrogen) atoms. The number of carbonyl (C=O) groups is 1. The van der Waals surface area contributed by atoms with Crippen LogP contribution in [-0.2, 0) is 4.74 Å². The van der Waals surface area contributed by atoms with Gasteiger partial charge < -0.3 is 4.74 Å². The number of hydrogen-bond acceptors (Lipinski definition) is 2. The lowest BCUT2D eigenvalue weighted by atomic mass is 10.2. The van der Waals surface area contributed by atoms with Crippen molar-refractivity contribution >= 4 is 17.0 Å². The first kappa shape index (κ1) is 17.4. The van der Waals surface area contributed by atoms with Crippen molar-refractivity contribution in [2.75, 3.05) is 0 Å². The molecule has 1 aromatic heterocycles. The smallest absolute Gasteiger partial charge is 0.419 e. The molecular weight excluding hydrogens is 322 g/mol. The minimum Gasteiger partial charge on any atom is -0.443 e. The van der Waals surface area contributed by atoms with Crippen LogP contribution in [0, 0.1) is 23.7 Å². The summed E-state index contributed by atoms with van der Waals surface area (Å²) < 4.78 is 6.97. The van der Waals surface area contributed by atoms with E-state index in [1.807, 2.05) is 75.4 Å². The monoisotopic (exact) mass is 341 g/mol. The molecule has 0 saturated carbocycles. The number of rotatable bonds is 0. The summed E-state index contributed by atoms with van der Waals surface area (Å²) in [6.07, 6.45) is 1.28. The minimum absolute atomic E-state index is 0.419. The molecule has 0 spiro atoms. The van der Waals surface area contributed by atoms with Crippen LogP contribution in [0.15, 0.2) is 60.8 Å². The first-order valence-corrected chi connectivity index (χ1v) is 8.34. The van der Waals surface area contributed by atoms with Crippen molar-refractivity contribution in [1.29, 1.82) is 0 Å². The highest BCUT2D eigenvalue weighted by atomic mass is 16.6. The van der Waals surface area contributed by atoms with Crippen LogP contribution in [0.5, 0.6) is 0 Å². The lowest BCUT2D eigenvalue weighted by molar-refractivity contribution is 0.0544. The molecule has 0 aliphatic heterocycles. The number of aromatic nitrogens is 1. The molecule has 2 aromatic carbocycles. The number of carbonyl (C=O) groups excluding carboxylic acids is 1. The molecule has 3 aromatic rings. The van der Waals surface area contributed by atoms with E-state index in [1.54, 1.807) is 6.20 Å². The maximum absolute atomic E-state index is 12.5. The zero-order chi connectivity index (χ0) is 18.6. The third-order valence-electron chi connectivity index (χ3n) is 3.54. The second kappa shape index (κ2) is 7.21. The number of hydrogen-bond donors (Lipinski definition) is 0. The van der Waals surface area contributed by atoms with E-state index in [-0.39, 0.29) is 0 Å². The Morgan fingerprint density at radius 2 is 1.58 bits per heavy atom. The van der Waals surface area contributed by atoms with Crippen LogP contribution < -0.4 is 0 Å². The van der Waals surface area contributed by atoms with Crippen LogP contribution in [0.4, 0.5) is 4.79 Å². The van der Waals surface area contributed by atoms with Crippen LogP contribution in [0.25, 0.3) is 10.9 Å². The molecule has 3 nitrogen and oxygen atoms in total. The fourth-order valence-corrected chi connectivity index (χ4v) is 2.46. The van der Waals surface area contributed by atoms with Crippen molar-refractivity contribution in [1.82, 2.24) is 4.57 Å². The Kier molecular flexibility index (Phi) is 4.83. The van der Waals surface area contributed by atoms with Crippen molar-refractivity contribution < 1.29 is 9.53 Å². The van der Waals surface area contributed by atoms with E-state index < -0.39 is 11.7 Å². The molecule has 0 aliphatic rings. The lowest BCUT2D eigenvalue weighted by Crippen LogP contribution is -2.26. The first-order valence-electron chi connectivity index (χ1n) is 8.34. The van der Waals surface area contributed by atoms with E-state index >= 15 is 0 Å². The summed E-state index contributed by atoms with van der Waals surface area (Å²) in [7, 11) is 0. The van der Waals surface area contributed by atoms with Crippen LogP contribution in [0.2, 0.25) is 0 Å². The number of para-hydroxylation sites is 1. The molecule has 0 saturated heterocycles. The highest BCUT2D eigenvalue weighted by Crippen LogP contribution is 2.22. The number of fused-ring (bicyclic) bond motifs is 1. The predicted molar refractivity (Wildman–Crippen MR) is 104 cm³/mol. The van der Waals surface area contributed by atoms with E-state index in [0.717, 1.165) is 22.0 Å². The number of benzene rings is 2. The summed E-state index contributed by atoms with van der Waals surface area (Å²) in [5.41, 5.74) is 1.86. The summed E-state index contributed by atoms with van der Waals surface area (Å²) in [4.78, 5) is 12.5. The second-order valence-electron chi connectivity index (χ2n) is 6.78. The fourth-order valence-electron chi connectivity index (χ4n) is 2.46. The van der Waals surface area contributed by atoms with Crippen LogP contribution in [0.3, 0.4) is 0 Å². The third-order valence-corrected chi connectivity index (χ3v) is 3.54. The van der Waals surface area contributed by atoms with E-state index in [0.29, 0.717) is 0 Å². The second-order valence-corrected chi connectivity index (χ2v) is 6.78. The molecule has 0 amide bonds. The molecule has 3 heteroatoms. The molecule has 0 atom stereocenters. The van der Waals surface area contributed by atoms with Gasteiger partial charge in [-0.25, -0.2) is 4.79 Å². The zero-order valence-electron chi connectivity index (χ0n) is 15.0. The van der Waals surface area contributed by atoms with Crippen LogP contribution in [0.1, 0.15) is 31.9 Å². The van der Waals surface area contributed by atoms with E-state index in [9.17, 15) is 4.79 Å². The average molecular weight is 341 g/mol. The Labute approximate surface area is 153 Å². The Balaban J connectivity index is 1.95. The fraction of sp³-hybridized carbons (Fsp3) is 0.174. The van der Waals surface area contributed by atoms with E-state index in [2.05, 4.69) is 23.7 Å². The maximum atomic E-state index is 12.5. The van der Waals surface area contributed by atoms with Gasteiger partial charge in [-0.3, -0.25) is 4.57 Å². The summed E-state index contributed by atoms with van der Waals surface area (Å²) in [5, 5.41) is 0.896. The van der Waals surface area contributed by atoms with Gasteiger partial charge in [-0.05, 0) is 50.8 Å². The predicted octanol–water partition coefficient (Wildman–Crippen LogP) is 4.83. The lowest BCUT2D eigenvalue weighted by Gasteiger charge is -2.19. The van der Waals surface area contributed by atoms with Crippen LogP contribution >= 0.6 is 0 Å². The van der Waals surface area contributed by atoms with Crippen molar-refractivity contribution in [3.63, 3.8) is 0 Å². The summed E-state index contributed by atoms with van der Waals surface area (Å²) in [6.45, 7) is 5.53. The van der Waals surface area contributed by atoms with Crippen molar-refractivity contribution in [3.05, 3.63) is 71.9 Å². The molecule has 0 unspecified atom stereocenters. The number of nitrogens with zero attached hydrogens (tertiary/aromatic N) is 1. The van der Waals surface area contributed by atoms with Gasteiger partial charge in [0.2, 0.25) is 0 Å². The van der Waals surface area contributed by atoms with Crippen molar-refractivity contribution in [2.24, 2.45) is 0 Å². The molecule has 0 radical (unpaired) electrons. The molecular formula is C23H19NO2. The van der Waals surface area contributed by atoms with Gasteiger partial charge in [-0.1, -0.05) is 48.2 Å². The van der Waals surface area contributed by atoms with Gasteiger partial charge >= 0.3 is 6.09 Å². The van der Waals surface area contributed by atoms with Gasteiger partial charge in [-0.15, -0.1) is 0 Å². The van der Waals surface area contributed by atoms with Gasteiger partial charge in [0.05, 0.1) is 11.1 Å². The van der Waals surface area contributed by atoms with Gasteiger partial charge in [0.1, 0.15) is 5.60 Å². The standard InChI is InChI=1S/C23H19NO2/c1-23(2,3)26-22(25)24-17-19(20-15-9-10-16-21(20)24)14-8-7-13-18-11-5-4-6-12-18/h4-6,9-12,15-17H,1-3H3. The molecule has 0 N–H and O–H groups in total. The largest absolute Gasteiger partial charge is 0.443 e. The highest BCUT2D eigenvalue weighted by molar-refractivity contribution is 5.93. The molecule has 0 fully saturated rings. The van der Waals surface area contributed by atoms with Crippen molar-refractivity contribution in [3.8, 4) is 23.7 Å². The Morgan fingerprint density at radius 1 is 0.923 bits per heavy atom. The highest BCUT2D eigenvalue weighted by Gasteiger charge is 2.20. The summed E-state index contributed by atoms with van der Waals surface area (Å²) >= 11 is 0. The summed E-state index contributed by atoms with van der Waals surface area (Å²) in [6, 6.07) is 17.3. The topological polar surface area (TPSA) is 31.2 Å². The van der Waals surface area contributed by atoms with E-state index in [4.69, 9.17) is 4.74 Å². The number of ether oxygens (including phenoxy) is 1. The quantitative estimate of drug-likeness (QED) is 0.549. The van der Waals surface area contributed by atoms with Gasteiger partial charge in [0, 0.05) is 17.1 Å². The average Bonchev–Trinajstić information content (AvgIpc) is 2.97. The minimum atomic E-state index is -0.560. The van der Waals surface area contributed by atoms with Gasteiger partial charge in [0.25, 0.3) is 0 Å². The molecule has 128 valence electrons. The Hall–Kier alpha value is -3.43. The molecule has 1 heterocycles. The van der Waals surface area contributed by atoms with Gasteiger partial charge in [-0.2, -0.15) is 0 Å². The maximum Gasteiger partial charge on any atom is 0.419 e. The van der Waals surface area contributed by atoms with Crippen molar-refractivity contribution in [2.45, 2.75) is 26.4 Å². The van der Waals surface area contributed by atoms with E-state index in [1.165, 1.54) is 4.57 Å². The zero-order valence-corrected chi connectivity index (χ0v) is 15.0. The Morgan fingerprint density at radius 3 is 2.31 bits per heavy atom. The third kappa shape index (κ3) is 4.15. The normalized spacial score (nSPS) is 10.4.